The van der Waals surface area contributed by atoms with Crippen molar-refractivity contribution in [3.63, 3.8) is 0 Å². The van der Waals surface area contributed by atoms with Crippen LogP contribution in [0.3, 0.4) is 0 Å². The van der Waals surface area contributed by atoms with Gasteiger partial charge in [-0.1, -0.05) is 91.7 Å². The van der Waals surface area contributed by atoms with E-state index < -0.39 is 0 Å². The number of rotatable bonds is 13. The molecule has 1 fully saturated rings. The minimum Gasteiger partial charge on any atom is -0.372 e. The van der Waals surface area contributed by atoms with Crippen molar-refractivity contribution in [2.24, 2.45) is 46.8 Å². The Morgan fingerprint density at radius 2 is 1.17 bits per heavy atom. The maximum absolute atomic E-state index is 4.71. The van der Waals surface area contributed by atoms with Crippen LogP contribution in [-0.4, -0.2) is 112 Å². The van der Waals surface area contributed by atoms with Crippen molar-refractivity contribution in [1.29, 1.82) is 0 Å². The van der Waals surface area contributed by atoms with E-state index in [4.69, 9.17) is 4.74 Å². The second kappa shape index (κ2) is 37.1. The van der Waals surface area contributed by atoms with Crippen LogP contribution in [0, 0.1) is 53.3 Å². The van der Waals surface area contributed by atoms with E-state index in [2.05, 4.69) is 96.1 Å². The van der Waals surface area contributed by atoms with E-state index in [1.807, 2.05) is 112 Å². The molecule has 0 radical (unpaired) electrons. The Labute approximate surface area is 331 Å². The highest BCUT2D eigenvalue weighted by atomic mass is 16.5. The lowest BCUT2D eigenvalue weighted by Crippen LogP contribution is -2.28. The topological polar surface area (TPSA) is 124 Å². The summed E-state index contributed by atoms with van der Waals surface area (Å²) in [5.41, 5.74) is 0.00226. The van der Waals surface area contributed by atoms with Crippen molar-refractivity contribution in [2.45, 2.75) is 139 Å². The van der Waals surface area contributed by atoms with Crippen LogP contribution in [0.4, 0.5) is 0 Å². The minimum absolute atomic E-state index is 0.00226. The summed E-state index contributed by atoms with van der Waals surface area (Å²) >= 11 is 0. The summed E-state index contributed by atoms with van der Waals surface area (Å²) in [6.07, 6.45) is 9.80. The van der Waals surface area contributed by atoms with Crippen molar-refractivity contribution in [3.8, 4) is 47.9 Å². The first kappa shape index (κ1) is 54.1. The number of hydrogen-bond acceptors (Lipinski definition) is 10. The number of nitrogens with zero attached hydrogens (tertiary/aromatic N) is 13. The smallest absolute Gasteiger partial charge is 0.109 e. The van der Waals surface area contributed by atoms with Crippen LogP contribution in [-0.2, 0) is 4.74 Å². The highest BCUT2D eigenvalue weighted by Gasteiger charge is 2.16. The van der Waals surface area contributed by atoms with Gasteiger partial charge in [0, 0.05) is 71.3 Å². The average Bonchev–Trinajstić information content (AvgIpc) is 3.13. The number of unbranched alkanes of at least 4 members (excludes halogenated alkanes) is 2. The molecule has 0 spiro atoms. The van der Waals surface area contributed by atoms with Crippen LogP contribution >= 0.6 is 0 Å². The van der Waals surface area contributed by atoms with Crippen LogP contribution in [0.25, 0.3) is 0 Å². The zero-order valence-electron chi connectivity index (χ0n) is 36.9. The highest BCUT2D eigenvalue weighted by molar-refractivity contribution is 5.05. The summed E-state index contributed by atoms with van der Waals surface area (Å²) in [6, 6.07) is 11.9. The van der Waals surface area contributed by atoms with Crippen LogP contribution in [0.2, 0.25) is 0 Å². The van der Waals surface area contributed by atoms with E-state index in [1.165, 1.54) is 38.5 Å². The average molecular weight is 754 g/mol. The molecule has 306 valence electrons. The largest absolute Gasteiger partial charge is 0.372 e. The molecule has 1 aliphatic rings. The van der Waals surface area contributed by atoms with Gasteiger partial charge in [-0.05, 0) is 102 Å². The van der Waals surface area contributed by atoms with E-state index in [-0.39, 0.29) is 5.41 Å². The quantitative estimate of drug-likeness (QED) is 0.0801. The summed E-state index contributed by atoms with van der Waals surface area (Å²) in [5.74, 6) is 11.5. The molecule has 0 aromatic heterocycles. The third kappa shape index (κ3) is 40.5. The molecule has 1 rings (SSSR count). The molecule has 0 amide bonds. The van der Waals surface area contributed by atoms with E-state index in [0.717, 1.165) is 25.9 Å². The normalized spacial score (nSPS) is 12.6. The molecule has 0 atom stereocenters. The SMILES string of the molecule is CC(C)N(C)N=NC#CCN(C)C.CCCCC#CN=NN(C)C1CCCCC1.CCN(CC)N=NC#CC(C)(C)C.COCC#CN=NN(C)C(C)C. The monoisotopic (exact) mass is 754 g/mol. The van der Waals surface area contributed by atoms with Crippen molar-refractivity contribution < 1.29 is 4.74 Å². The lowest BCUT2D eigenvalue weighted by molar-refractivity contribution is 0.188. The van der Waals surface area contributed by atoms with Gasteiger partial charge in [-0.25, -0.2) is 0 Å². The van der Waals surface area contributed by atoms with Crippen LogP contribution < -0.4 is 0 Å². The van der Waals surface area contributed by atoms with E-state index in [1.54, 1.807) is 17.1 Å². The van der Waals surface area contributed by atoms with Crippen molar-refractivity contribution in [3.05, 3.63) is 0 Å². The van der Waals surface area contributed by atoms with Gasteiger partial charge in [-0.15, -0.1) is 0 Å². The van der Waals surface area contributed by atoms with Gasteiger partial charge >= 0.3 is 0 Å². The second-order valence-corrected chi connectivity index (χ2v) is 14.2. The second-order valence-electron chi connectivity index (χ2n) is 14.2. The van der Waals surface area contributed by atoms with Crippen LogP contribution in [0.15, 0.2) is 41.4 Å². The number of hydrogen-bond donors (Lipinski definition) is 0. The maximum Gasteiger partial charge on any atom is 0.109 e. The van der Waals surface area contributed by atoms with Gasteiger partial charge in [0.25, 0.3) is 0 Å². The number of ether oxygens (including phenoxy) is 1. The molecular weight excluding hydrogens is 679 g/mol. The Morgan fingerprint density at radius 1 is 0.667 bits per heavy atom. The summed E-state index contributed by atoms with van der Waals surface area (Å²) in [7, 11) is 11.3. The highest BCUT2D eigenvalue weighted by Crippen LogP contribution is 2.21. The Morgan fingerprint density at radius 3 is 1.63 bits per heavy atom. The molecule has 1 aliphatic carbocycles. The Hall–Kier alpha value is -4.24. The van der Waals surface area contributed by atoms with Crippen molar-refractivity contribution in [2.75, 3.05) is 68.6 Å². The lowest BCUT2D eigenvalue weighted by atomic mass is 9.95. The van der Waals surface area contributed by atoms with E-state index >= 15 is 0 Å². The summed E-state index contributed by atoms with van der Waals surface area (Å²) in [4.78, 5) is 1.98. The van der Waals surface area contributed by atoms with Gasteiger partial charge in [0.05, 0.1) is 30.7 Å². The molecule has 14 heteroatoms. The van der Waals surface area contributed by atoms with Crippen LogP contribution in [0.1, 0.15) is 121 Å². The van der Waals surface area contributed by atoms with Gasteiger partial charge in [-0.2, -0.15) is 0 Å². The predicted molar refractivity (Wildman–Crippen MR) is 223 cm³/mol. The van der Waals surface area contributed by atoms with Crippen molar-refractivity contribution in [1.82, 2.24) is 24.9 Å². The van der Waals surface area contributed by atoms with Gasteiger partial charge in [-0.3, -0.25) is 24.9 Å². The zero-order chi connectivity index (χ0) is 41.6. The molecule has 14 nitrogen and oxygen atoms in total. The predicted octanol–water partition coefficient (Wildman–Crippen LogP) is 8.99. The molecule has 0 N–H and O–H groups in total. The molecule has 0 saturated heterocycles. The molecule has 54 heavy (non-hydrogen) atoms. The Kier molecular flexibility index (Phi) is 37.2. The summed E-state index contributed by atoms with van der Waals surface area (Å²) in [5, 5.41) is 38.2. The Balaban J connectivity index is -0.000000647. The molecule has 0 unspecified atom stereocenters. The first-order chi connectivity index (χ1) is 25.6. The molecular formula is C40H75N13O. The summed E-state index contributed by atoms with van der Waals surface area (Å²) in [6.45, 7) is 23.4. The van der Waals surface area contributed by atoms with Gasteiger partial charge in [0.2, 0.25) is 0 Å². The van der Waals surface area contributed by atoms with Crippen LogP contribution in [0.5, 0.6) is 0 Å². The van der Waals surface area contributed by atoms with E-state index in [9.17, 15) is 0 Å². The fourth-order valence-corrected chi connectivity index (χ4v) is 3.37. The van der Waals surface area contributed by atoms with Gasteiger partial charge < -0.3 is 4.74 Å². The molecule has 1 saturated carbocycles. The van der Waals surface area contributed by atoms with Gasteiger partial charge in [0.15, 0.2) is 0 Å². The fourth-order valence-electron chi connectivity index (χ4n) is 3.37. The first-order valence-electron chi connectivity index (χ1n) is 19.2. The molecule has 0 heterocycles. The summed E-state index contributed by atoms with van der Waals surface area (Å²) < 4.78 is 4.71. The molecule has 0 aromatic rings. The third-order valence-corrected chi connectivity index (χ3v) is 7.19. The first-order valence-corrected chi connectivity index (χ1v) is 19.2. The molecule has 0 aliphatic heterocycles. The number of methoxy groups -OCH3 is 1. The maximum atomic E-state index is 4.71. The van der Waals surface area contributed by atoms with Gasteiger partial charge in [0.1, 0.15) is 6.61 Å². The van der Waals surface area contributed by atoms with E-state index in [0.29, 0.717) is 31.3 Å². The lowest BCUT2D eigenvalue weighted by Gasteiger charge is -2.27. The standard InChI is InChI=1S/C13H23N3.C10H19N3.C9H18N4.C8H15N3O/c1-3-4-5-9-12-14-15-16(2)13-10-7-6-8-11-13;1-6-13(7-2)12-11-9-8-10(3,4)5;1-9(2)13(5)11-10-7-6-8-12(3)4;1-8(2)11(3)10-9-6-5-7-12-4/h13H,3-8,10-11H2,1-2H3;6-7H2,1-5H3;9H,8H2,1-5H3;8H,7H2,1-4H3. The minimum atomic E-state index is 0.00226. The zero-order valence-corrected chi connectivity index (χ0v) is 36.9. The molecule has 0 aromatic carbocycles. The molecule has 0 bridgehead atoms. The Bertz CT molecular complexity index is 1260. The third-order valence-electron chi connectivity index (χ3n) is 7.19. The van der Waals surface area contributed by atoms with Crippen molar-refractivity contribution >= 4 is 0 Å². The fraction of sp³-hybridized carbons (Fsp3) is 0.800.